The van der Waals surface area contributed by atoms with E-state index in [2.05, 4.69) is 0 Å². The summed E-state index contributed by atoms with van der Waals surface area (Å²) >= 11 is 0. The van der Waals surface area contributed by atoms with Crippen LogP contribution in [0.1, 0.15) is 26.2 Å². The van der Waals surface area contributed by atoms with Gasteiger partial charge in [0, 0.05) is 20.1 Å². The maximum atomic E-state index is 12.0. The highest BCUT2D eigenvalue weighted by atomic mass is 16.5. The van der Waals surface area contributed by atoms with Crippen LogP contribution in [0.3, 0.4) is 0 Å². The van der Waals surface area contributed by atoms with Gasteiger partial charge in [-0.25, -0.2) is 0 Å². The van der Waals surface area contributed by atoms with Gasteiger partial charge in [0.15, 0.2) is 0 Å². The van der Waals surface area contributed by atoms with Gasteiger partial charge in [-0.05, 0) is 26.3 Å². The first-order valence-electron chi connectivity index (χ1n) is 7.08. The monoisotopic (exact) mass is 281 g/mol. The number of amides is 1. The molecule has 0 saturated carbocycles. The van der Waals surface area contributed by atoms with Crippen LogP contribution in [0.25, 0.3) is 0 Å². The van der Waals surface area contributed by atoms with Gasteiger partial charge in [-0.3, -0.25) is 14.5 Å². The highest BCUT2D eigenvalue weighted by Gasteiger charge is 2.28. The van der Waals surface area contributed by atoms with Crippen LogP contribution in [0.2, 0.25) is 0 Å². The average molecular weight is 281 g/mol. The molecule has 0 spiro atoms. The van der Waals surface area contributed by atoms with E-state index in [0.29, 0.717) is 32.7 Å². The molecule has 0 bridgehead atoms. The third-order valence-electron chi connectivity index (χ3n) is 3.47. The van der Waals surface area contributed by atoms with E-state index < -0.39 is 0 Å². The van der Waals surface area contributed by atoms with Crippen molar-refractivity contribution in [3.63, 3.8) is 0 Å². The molecule has 1 saturated heterocycles. The number of hydrogen-bond acceptors (Lipinski definition) is 5. The van der Waals surface area contributed by atoms with Crippen LogP contribution >= 0.6 is 0 Å². The number of carbonyl (C=O) groups excluding carboxylic acids is 2. The van der Waals surface area contributed by atoms with Crippen LogP contribution < -0.4 is 0 Å². The Bertz CT molecular complexity index is 378. The van der Waals surface area contributed by atoms with Crippen molar-refractivity contribution < 1.29 is 14.3 Å². The summed E-state index contributed by atoms with van der Waals surface area (Å²) in [5.74, 6) is -0.298. The fourth-order valence-corrected chi connectivity index (χ4v) is 2.31. The molecule has 0 aromatic carbocycles. The molecule has 20 heavy (non-hydrogen) atoms. The zero-order valence-electron chi connectivity index (χ0n) is 12.3. The van der Waals surface area contributed by atoms with Gasteiger partial charge in [-0.2, -0.15) is 5.26 Å². The highest BCUT2D eigenvalue weighted by Crippen LogP contribution is 2.17. The number of likely N-dealkylation sites (N-methyl/N-ethyl adjacent to an activating group) is 1. The van der Waals surface area contributed by atoms with Gasteiger partial charge in [-0.1, -0.05) is 0 Å². The largest absolute Gasteiger partial charge is 0.466 e. The number of nitrogens with zero attached hydrogens (tertiary/aromatic N) is 3. The topological polar surface area (TPSA) is 73.6 Å². The van der Waals surface area contributed by atoms with Crippen molar-refractivity contribution >= 4 is 11.9 Å². The number of ether oxygens (including phenoxy) is 1. The molecule has 6 nitrogen and oxygen atoms in total. The third kappa shape index (κ3) is 5.17. The van der Waals surface area contributed by atoms with Gasteiger partial charge in [0.25, 0.3) is 0 Å². The summed E-state index contributed by atoms with van der Waals surface area (Å²) in [6, 6.07) is 2.02. The van der Waals surface area contributed by atoms with Gasteiger partial charge in [-0.15, -0.1) is 0 Å². The van der Waals surface area contributed by atoms with E-state index >= 15 is 0 Å². The minimum Gasteiger partial charge on any atom is -0.466 e. The zero-order chi connectivity index (χ0) is 15.0. The summed E-state index contributed by atoms with van der Waals surface area (Å²) in [5, 5.41) is 8.51. The Morgan fingerprint density at radius 3 is 2.90 bits per heavy atom. The Balaban J connectivity index is 2.41. The fourth-order valence-electron chi connectivity index (χ4n) is 2.31. The second kappa shape index (κ2) is 8.54. The van der Waals surface area contributed by atoms with E-state index in [-0.39, 0.29) is 17.8 Å². The number of esters is 1. The quantitative estimate of drug-likeness (QED) is 0.668. The molecule has 112 valence electrons. The summed E-state index contributed by atoms with van der Waals surface area (Å²) in [7, 11) is 1.70. The molecule has 0 N–H and O–H groups in total. The van der Waals surface area contributed by atoms with Crippen LogP contribution in [-0.2, 0) is 14.3 Å². The minimum atomic E-state index is -0.164. The number of carbonyl (C=O) groups is 2. The van der Waals surface area contributed by atoms with Crippen molar-refractivity contribution in [1.29, 1.82) is 5.26 Å². The van der Waals surface area contributed by atoms with Gasteiger partial charge in [0.2, 0.25) is 5.91 Å². The first kappa shape index (κ1) is 16.4. The van der Waals surface area contributed by atoms with Crippen molar-refractivity contribution in [2.45, 2.75) is 26.2 Å². The first-order valence-corrected chi connectivity index (χ1v) is 7.08. The van der Waals surface area contributed by atoms with E-state index in [9.17, 15) is 9.59 Å². The summed E-state index contributed by atoms with van der Waals surface area (Å²) in [6.07, 6.45) is 2.07. The van der Waals surface area contributed by atoms with Crippen molar-refractivity contribution in [3.8, 4) is 6.07 Å². The lowest BCUT2D eigenvalue weighted by atomic mass is 9.98. The second-order valence-corrected chi connectivity index (χ2v) is 5.05. The molecular formula is C14H23N3O3. The van der Waals surface area contributed by atoms with Crippen LogP contribution in [-0.4, -0.2) is 61.5 Å². The zero-order valence-corrected chi connectivity index (χ0v) is 12.3. The summed E-state index contributed by atoms with van der Waals surface area (Å²) in [6.45, 7) is 4.35. The van der Waals surface area contributed by atoms with E-state index in [1.54, 1.807) is 18.9 Å². The molecule has 1 amide bonds. The first-order chi connectivity index (χ1) is 9.58. The SMILES string of the molecule is CCOC(=O)[C@@H]1CCCN(CC(=O)N(C)CCC#N)C1. The normalized spacial score (nSPS) is 19.1. The van der Waals surface area contributed by atoms with Gasteiger partial charge in [0.05, 0.1) is 31.6 Å². The predicted molar refractivity (Wildman–Crippen MR) is 73.7 cm³/mol. The summed E-state index contributed by atoms with van der Waals surface area (Å²) < 4.78 is 5.04. The molecule has 1 heterocycles. The highest BCUT2D eigenvalue weighted by molar-refractivity contribution is 5.78. The molecular weight excluding hydrogens is 258 g/mol. The second-order valence-electron chi connectivity index (χ2n) is 5.05. The van der Waals surface area contributed by atoms with Crippen LogP contribution in [0.15, 0.2) is 0 Å². The summed E-state index contributed by atoms with van der Waals surface area (Å²) in [4.78, 5) is 27.3. The van der Waals surface area contributed by atoms with E-state index in [1.807, 2.05) is 11.0 Å². The number of piperidine rings is 1. The van der Waals surface area contributed by atoms with Crippen LogP contribution in [0.5, 0.6) is 0 Å². The van der Waals surface area contributed by atoms with Gasteiger partial charge >= 0.3 is 5.97 Å². The maximum absolute atomic E-state index is 12.0. The van der Waals surface area contributed by atoms with Crippen molar-refractivity contribution in [2.75, 3.05) is 39.8 Å². The molecule has 0 aromatic rings. The molecule has 0 aromatic heterocycles. The molecule has 1 fully saturated rings. The maximum Gasteiger partial charge on any atom is 0.310 e. The molecule has 6 heteroatoms. The van der Waals surface area contributed by atoms with Crippen LogP contribution in [0.4, 0.5) is 0 Å². The molecule has 1 aliphatic rings. The predicted octanol–water partition coefficient (Wildman–Crippen LogP) is 0.634. The van der Waals surface area contributed by atoms with Crippen molar-refractivity contribution in [1.82, 2.24) is 9.80 Å². The lowest BCUT2D eigenvalue weighted by Crippen LogP contribution is -2.45. The van der Waals surface area contributed by atoms with Gasteiger partial charge < -0.3 is 9.64 Å². The Morgan fingerprint density at radius 2 is 2.25 bits per heavy atom. The molecule has 1 atom stereocenters. The van der Waals surface area contributed by atoms with Crippen molar-refractivity contribution in [3.05, 3.63) is 0 Å². The number of rotatable bonds is 6. The smallest absolute Gasteiger partial charge is 0.310 e. The Kier molecular flexibility index (Phi) is 7.02. The number of nitriles is 1. The Morgan fingerprint density at radius 1 is 1.50 bits per heavy atom. The molecule has 1 rings (SSSR count). The molecule has 1 aliphatic heterocycles. The standard InChI is InChI=1S/C14H23N3O3/c1-3-20-14(19)12-6-4-9-17(10-12)11-13(18)16(2)8-5-7-15/h12H,3-6,8-11H2,1-2H3/t12-/m1/s1. The molecule has 0 aliphatic carbocycles. The lowest BCUT2D eigenvalue weighted by molar-refractivity contribution is -0.150. The third-order valence-corrected chi connectivity index (χ3v) is 3.47. The summed E-state index contributed by atoms with van der Waals surface area (Å²) in [5.41, 5.74) is 0. The number of likely N-dealkylation sites (tertiary alicyclic amines) is 1. The fraction of sp³-hybridized carbons (Fsp3) is 0.786. The van der Waals surface area contributed by atoms with E-state index in [4.69, 9.17) is 10.00 Å². The number of hydrogen-bond donors (Lipinski definition) is 0. The van der Waals surface area contributed by atoms with E-state index in [0.717, 1.165) is 19.4 Å². The Hall–Kier alpha value is -1.61. The molecule has 0 radical (unpaired) electrons. The lowest BCUT2D eigenvalue weighted by Gasteiger charge is -2.31. The van der Waals surface area contributed by atoms with E-state index in [1.165, 1.54) is 0 Å². The minimum absolute atomic E-state index is 0.00948. The average Bonchev–Trinajstić information content (AvgIpc) is 2.45. The van der Waals surface area contributed by atoms with Gasteiger partial charge in [0.1, 0.15) is 0 Å². The van der Waals surface area contributed by atoms with Crippen molar-refractivity contribution in [2.24, 2.45) is 5.92 Å². The Labute approximate surface area is 120 Å². The van der Waals surface area contributed by atoms with Crippen LogP contribution in [0, 0.1) is 17.2 Å². The molecule has 0 unspecified atom stereocenters.